The summed E-state index contributed by atoms with van der Waals surface area (Å²) in [5.74, 6) is -1.26. The molecule has 0 aromatic carbocycles. The summed E-state index contributed by atoms with van der Waals surface area (Å²) in [4.78, 5) is 10.2. The van der Waals surface area contributed by atoms with Gasteiger partial charge in [0.15, 0.2) is 0 Å². The van der Waals surface area contributed by atoms with Crippen molar-refractivity contribution in [3.8, 4) is 0 Å². The van der Waals surface area contributed by atoms with Gasteiger partial charge in [-0.25, -0.2) is 0 Å². The van der Waals surface area contributed by atoms with Crippen molar-refractivity contribution in [1.29, 1.82) is 5.41 Å². The van der Waals surface area contributed by atoms with Gasteiger partial charge in [0.2, 0.25) is 0 Å². The fourth-order valence-corrected chi connectivity index (χ4v) is 0.390. The lowest BCUT2D eigenvalue weighted by Crippen LogP contribution is -2.25. The van der Waals surface area contributed by atoms with Gasteiger partial charge in [0.05, 0.1) is 6.61 Å². The van der Waals surface area contributed by atoms with E-state index in [4.69, 9.17) is 11.1 Å². The summed E-state index contributed by atoms with van der Waals surface area (Å²) in [6.07, 6.45) is 1.82. The van der Waals surface area contributed by atoms with Crippen molar-refractivity contribution in [2.45, 2.75) is 19.8 Å². The molecule has 0 saturated carbocycles. The smallest absolute Gasteiger partial charge is 0.303 e. The minimum Gasteiger partial charge on any atom is -0.474 e. The highest BCUT2D eigenvalue weighted by atomic mass is 16.5. The molecule has 0 fully saturated rings. The van der Waals surface area contributed by atoms with Crippen molar-refractivity contribution >= 4 is 11.8 Å². The Balaban J connectivity index is 3.31. The molecule has 0 aromatic rings. The molecule has 0 saturated heterocycles. The Kier molecular flexibility index (Phi) is 4.28. The van der Waals surface area contributed by atoms with Gasteiger partial charge in [-0.15, -0.1) is 0 Å². The third-order valence-electron chi connectivity index (χ3n) is 0.968. The number of carbonyl (C=O) groups excluding carboxylic acids is 1. The second-order valence-corrected chi connectivity index (χ2v) is 1.90. The first-order valence-corrected chi connectivity index (χ1v) is 3.19. The van der Waals surface area contributed by atoms with Crippen LogP contribution in [-0.4, -0.2) is 18.4 Å². The summed E-state index contributed by atoms with van der Waals surface area (Å²) in [6.45, 7) is 2.40. The Morgan fingerprint density at radius 3 is 2.70 bits per heavy atom. The summed E-state index contributed by atoms with van der Waals surface area (Å²) in [5.41, 5.74) is 4.73. The van der Waals surface area contributed by atoms with Crippen LogP contribution in [0.5, 0.6) is 0 Å². The van der Waals surface area contributed by atoms with Crippen LogP contribution in [0.25, 0.3) is 0 Å². The van der Waals surface area contributed by atoms with E-state index in [1.54, 1.807) is 0 Å². The molecule has 0 spiro atoms. The minimum atomic E-state index is -0.809. The van der Waals surface area contributed by atoms with E-state index in [2.05, 4.69) is 4.74 Å². The lowest BCUT2D eigenvalue weighted by atomic mass is 10.4. The standard InChI is InChI=1S/C6H12N2O2/c1-2-3-4-10-6(8)5(7)9/h8H,2-4H2,1H3,(H2,7,9). The molecule has 0 aliphatic rings. The number of nitrogens with two attached hydrogens (primary N) is 1. The second kappa shape index (κ2) is 4.78. The van der Waals surface area contributed by atoms with Crippen LogP contribution in [0.3, 0.4) is 0 Å². The molecule has 0 radical (unpaired) electrons. The Labute approximate surface area is 59.9 Å². The summed E-state index contributed by atoms with van der Waals surface area (Å²) in [6, 6.07) is 0. The Hall–Kier alpha value is -1.06. The number of carbonyl (C=O) groups is 1. The average molecular weight is 144 g/mol. The highest BCUT2D eigenvalue weighted by Crippen LogP contribution is 1.87. The molecule has 4 heteroatoms. The molecule has 58 valence electrons. The summed E-state index contributed by atoms with van der Waals surface area (Å²) in [5, 5.41) is 6.83. The summed E-state index contributed by atoms with van der Waals surface area (Å²) >= 11 is 0. The zero-order valence-corrected chi connectivity index (χ0v) is 6.02. The van der Waals surface area contributed by atoms with Crippen LogP contribution in [-0.2, 0) is 9.53 Å². The normalized spacial score (nSPS) is 8.90. The molecule has 0 aliphatic heterocycles. The van der Waals surface area contributed by atoms with E-state index in [9.17, 15) is 4.79 Å². The maximum absolute atomic E-state index is 10.2. The Bertz CT molecular complexity index is 134. The van der Waals surface area contributed by atoms with E-state index in [0.717, 1.165) is 12.8 Å². The van der Waals surface area contributed by atoms with Gasteiger partial charge in [-0.3, -0.25) is 10.2 Å². The summed E-state index contributed by atoms with van der Waals surface area (Å²) in [7, 11) is 0. The van der Waals surface area contributed by atoms with E-state index < -0.39 is 11.8 Å². The number of ether oxygens (including phenoxy) is 1. The van der Waals surface area contributed by atoms with E-state index in [1.165, 1.54) is 0 Å². The number of primary amides is 1. The zero-order valence-electron chi connectivity index (χ0n) is 6.02. The van der Waals surface area contributed by atoms with Gasteiger partial charge in [0.25, 0.3) is 5.90 Å². The molecule has 0 bridgehead atoms. The van der Waals surface area contributed by atoms with Gasteiger partial charge in [0, 0.05) is 0 Å². The van der Waals surface area contributed by atoms with Crippen molar-refractivity contribution in [2.75, 3.05) is 6.61 Å². The van der Waals surface area contributed by atoms with Gasteiger partial charge in [-0.1, -0.05) is 13.3 Å². The van der Waals surface area contributed by atoms with E-state index in [-0.39, 0.29) is 0 Å². The number of nitrogens with one attached hydrogen (secondary N) is 1. The van der Waals surface area contributed by atoms with Crippen LogP contribution < -0.4 is 5.73 Å². The Morgan fingerprint density at radius 2 is 2.30 bits per heavy atom. The Morgan fingerprint density at radius 1 is 1.70 bits per heavy atom. The maximum Gasteiger partial charge on any atom is 0.303 e. The highest BCUT2D eigenvalue weighted by Gasteiger charge is 2.02. The van der Waals surface area contributed by atoms with Crippen LogP contribution in [0.15, 0.2) is 0 Å². The van der Waals surface area contributed by atoms with Crippen LogP contribution in [0.1, 0.15) is 19.8 Å². The monoisotopic (exact) mass is 144 g/mol. The van der Waals surface area contributed by atoms with Crippen molar-refractivity contribution in [3.05, 3.63) is 0 Å². The van der Waals surface area contributed by atoms with Gasteiger partial charge in [0.1, 0.15) is 0 Å². The molecule has 0 rings (SSSR count). The first kappa shape index (κ1) is 8.94. The van der Waals surface area contributed by atoms with Crippen molar-refractivity contribution < 1.29 is 9.53 Å². The second-order valence-electron chi connectivity index (χ2n) is 1.90. The van der Waals surface area contributed by atoms with Crippen LogP contribution in [0, 0.1) is 5.41 Å². The van der Waals surface area contributed by atoms with E-state index >= 15 is 0 Å². The largest absolute Gasteiger partial charge is 0.474 e. The maximum atomic E-state index is 10.2. The van der Waals surface area contributed by atoms with Gasteiger partial charge in [-0.2, -0.15) is 0 Å². The first-order valence-electron chi connectivity index (χ1n) is 3.19. The molecule has 4 nitrogen and oxygen atoms in total. The third-order valence-corrected chi connectivity index (χ3v) is 0.968. The topological polar surface area (TPSA) is 76.2 Å². The number of unbranched alkanes of at least 4 members (excludes halogenated alkanes) is 1. The molecule has 0 aromatic heterocycles. The number of hydrogen-bond donors (Lipinski definition) is 2. The summed E-state index contributed by atoms with van der Waals surface area (Å²) < 4.78 is 4.65. The van der Waals surface area contributed by atoms with Crippen molar-refractivity contribution in [2.24, 2.45) is 5.73 Å². The SMILES string of the molecule is CCCCOC(=N)C(N)=O. The highest BCUT2D eigenvalue weighted by molar-refractivity contribution is 6.33. The fourth-order valence-electron chi connectivity index (χ4n) is 0.390. The average Bonchev–Trinajstić information content (AvgIpc) is 1.88. The van der Waals surface area contributed by atoms with Crippen molar-refractivity contribution in [1.82, 2.24) is 0 Å². The molecule has 0 unspecified atom stereocenters. The van der Waals surface area contributed by atoms with Gasteiger partial charge in [-0.05, 0) is 6.42 Å². The molecule has 0 heterocycles. The lowest BCUT2D eigenvalue weighted by molar-refractivity contribution is -0.113. The van der Waals surface area contributed by atoms with Crippen molar-refractivity contribution in [3.63, 3.8) is 0 Å². The quantitative estimate of drug-likeness (QED) is 0.339. The predicted molar refractivity (Wildman–Crippen MR) is 37.8 cm³/mol. The van der Waals surface area contributed by atoms with E-state index in [1.807, 2.05) is 6.92 Å². The molecule has 0 atom stereocenters. The predicted octanol–water partition coefficient (Wildman–Crippen LogP) is 0.266. The molecule has 10 heavy (non-hydrogen) atoms. The minimum absolute atomic E-state index is 0.401. The van der Waals surface area contributed by atoms with Crippen LogP contribution in [0.4, 0.5) is 0 Å². The molecular formula is C6H12N2O2. The van der Waals surface area contributed by atoms with Gasteiger partial charge >= 0.3 is 5.91 Å². The number of rotatable bonds is 3. The van der Waals surface area contributed by atoms with Crippen LogP contribution >= 0.6 is 0 Å². The molecule has 3 N–H and O–H groups in total. The van der Waals surface area contributed by atoms with Crippen LogP contribution in [0.2, 0.25) is 0 Å². The molecular weight excluding hydrogens is 132 g/mol. The molecule has 0 aliphatic carbocycles. The zero-order chi connectivity index (χ0) is 7.98. The fraction of sp³-hybridized carbons (Fsp3) is 0.667. The van der Waals surface area contributed by atoms with E-state index in [0.29, 0.717) is 6.61 Å². The lowest BCUT2D eigenvalue weighted by Gasteiger charge is -2.01. The molecule has 1 amide bonds. The first-order chi connectivity index (χ1) is 4.68. The number of amides is 1. The van der Waals surface area contributed by atoms with Gasteiger partial charge < -0.3 is 10.5 Å². The number of hydrogen-bond acceptors (Lipinski definition) is 3. The third kappa shape index (κ3) is 3.88.